The van der Waals surface area contributed by atoms with Crippen LogP contribution in [0.1, 0.15) is 25.3 Å². The summed E-state index contributed by atoms with van der Waals surface area (Å²) >= 11 is 0. The lowest BCUT2D eigenvalue weighted by atomic mass is 9.80. The van der Waals surface area contributed by atoms with E-state index in [1.165, 1.54) is 25.3 Å². The Kier molecular flexibility index (Phi) is 7.11. The number of rotatable bonds is 7. The molecule has 0 aliphatic carbocycles. The van der Waals surface area contributed by atoms with Crippen LogP contribution in [-0.2, 0) is 19.1 Å². The van der Waals surface area contributed by atoms with Gasteiger partial charge in [0.05, 0.1) is 29.1 Å². The first kappa shape index (κ1) is 22.1. The summed E-state index contributed by atoms with van der Waals surface area (Å²) in [5.74, 6) is -2.07. The Labute approximate surface area is 169 Å². The van der Waals surface area contributed by atoms with E-state index in [-0.39, 0.29) is 23.4 Å². The lowest BCUT2D eigenvalue weighted by molar-refractivity contribution is -0.384. The lowest BCUT2D eigenvalue weighted by Crippen LogP contribution is -2.33. The molecule has 0 radical (unpaired) electrons. The maximum Gasteiger partial charge on any atom is 0.336 e. The van der Waals surface area contributed by atoms with Crippen molar-refractivity contribution in [2.45, 2.75) is 19.8 Å². The largest absolute Gasteiger partial charge is 0.466 e. The van der Waals surface area contributed by atoms with Gasteiger partial charge in [-0.2, -0.15) is 0 Å². The number of nitrogens with one attached hydrogen (secondary N) is 1. The second-order valence-corrected chi connectivity index (χ2v) is 6.92. The van der Waals surface area contributed by atoms with E-state index in [1.807, 2.05) is 19.0 Å². The smallest absolute Gasteiger partial charge is 0.336 e. The van der Waals surface area contributed by atoms with E-state index in [0.717, 1.165) is 0 Å². The summed E-state index contributed by atoms with van der Waals surface area (Å²) in [4.78, 5) is 38.0. The molecule has 0 spiro atoms. The number of nitrogens with zero attached hydrogens (tertiary/aromatic N) is 2. The first-order valence-electron chi connectivity index (χ1n) is 9.00. The SMILES string of the molecule is COC(=O)C1=C(C)NC(C)=C(C(=O)OCCN(C)C)[C@H]1c1cccc([N+](=O)[O-])c1. The van der Waals surface area contributed by atoms with Gasteiger partial charge in [-0.05, 0) is 33.5 Å². The molecule has 0 aromatic heterocycles. The van der Waals surface area contributed by atoms with Gasteiger partial charge in [0.1, 0.15) is 6.61 Å². The number of ether oxygens (including phenoxy) is 2. The summed E-state index contributed by atoms with van der Waals surface area (Å²) in [6.07, 6.45) is 0. The number of hydrogen-bond donors (Lipinski definition) is 1. The van der Waals surface area contributed by atoms with Crippen molar-refractivity contribution in [3.63, 3.8) is 0 Å². The number of dihydropyridines is 1. The molecule has 156 valence electrons. The van der Waals surface area contributed by atoms with E-state index >= 15 is 0 Å². The van der Waals surface area contributed by atoms with Crippen molar-refractivity contribution >= 4 is 17.6 Å². The van der Waals surface area contributed by atoms with Gasteiger partial charge in [0, 0.05) is 30.1 Å². The Bertz CT molecular complexity index is 888. The van der Waals surface area contributed by atoms with Crippen LogP contribution in [0.25, 0.3) is 0 Å². The van der Waals surface area contributed by atoms with Crippen LogP contribution < -0.4 is 5.32 Å². The number of likely N-dealkylation sites (N-methyl/N-ethyl adjacent to an activating group) is 1. The van der Waals surface area contributed by atoms with Gasteiger partial charge in [-0.3, -0.25) is 10.1 Å². The first-order valence-corrected chi connectivity index (χ1v) is 9.00. The molecular weight excluding hydrogens is 378 g/mol. The van der Waals surface area contributed by atoms with E-state index < -0.39 is 22.8 Å². The highest BCUT2D eigenvalue weighted by Crippen LogP contribution is 2.40. The third-order valence-corrected chi connectivity index (χ3v) is 4.57. The minimum absolute atomic E-state index is 0.138. The summed E-state index contributed by atoms with van der Waals surface area (Å²) < 4.78 is 10.3. The fourth-order valence-corrected chi connectivity index (χ4v) is 3.20. The highest BCUT2D eigenvalue weighted by atomic mass is 16.6. The normalized spacial score (nSPS) is 16.6. The summed E-state index contributed by atoms with van der Waals surface area (Å²) in [5, 5.41) is 14.3. The Balaban J connectivity index is 2.56. The van der Waals surface area contributed by atoms with E-state index in [9.17, 15) is 19.7 Å². The zero-order valence-corrected chi connectivity index (χ0v) is 17.1. The molecule has 0 fully saturated rings. The Hall–Kier alpha value is -3.20. The molecule has 1 atom stereocenters. The summed E-state index contributed by atoms with van der Waals surface area (Å²) in [5.41, 5.74) is 1.74. The van der Waals surface area contributed by atoms with Gasteiger partial charge in [-0.25, -0.2) is 9.59 Å². The van der Waals surface area contributed by atoms with Crippen LogP contribution in [0, 0.1) is 10.1 Å². The number of carbonyl (C=O) groups is 2. The molecule has 0 bridgehead atoms. The fourth-order valence-electron chi connectivity index (χ4n) is 3.20. The van der Waals surface area contributed by atoms with Gasteiger partial charge >= 0.3 is 11.9 Å². The average molecular weight is 403 g/mol. The van der Waals surface area contributed by atoms with E-state index in [4.69, 9.17) is 9.47 Å². The molecule has 0 saturated carbocycles. The second kappa shape index (κ2) is 9.33. The van der Waals surface area contributed by atoms with Crippen molar-refractivity contribution in [1.82, 2.24) is 10.2 Å². The topological polar surface area (TPSA) is 111 Å². The molecule has 9 nitrogen and oxygen atoms in total. The number of nitro groups is 1. The van der Waals surface area contributed by atoms with Crippen molar-refractivity contribution < 1.29 is 24.0 Å². The summed E-state index contributed by atoms with van der Waals surface area (Å²) in [7, 11) is 4.95. The van der Waals surface area contributed by atoms with Crippen LogP contribution in [0.4, 0.5) is 5.69 Å². The Morgan fingerprint density at radius 1 is 1.17 bits per heavy atom. The van der Waals surface area contributed by atoms with Gasteiger partial charge in [0.15, 0.2) is 0 Å². The van der Waals surface area contributed by atoms with Crippen molar-refractivity contribution in [2.24, 2.45) is 0 Å². The fraction of sp³-hybridized carbons (Fsp3) is 0.400. The van der Waals surface area contributed by atoms with Gasteiger partial charge in [0.2, 0.25) is 0 Å². The third kappa shape index (κ3) is 5.00. The van der Waals surface area contributed by atoms with Gasteiger partial charge in [-0.15, -0.1) is 0 Å². The molecule has 1 aliphatic heterocycles. The molecular formula is C20H25N3O6. The molecule has 2 rings (SSSR count). The van der Waals surface area contributed by atoms with E-state index in [0.29, 0.717) is 23.5 Å². The maximum atomic E-state index is 12.9. The molecule has 9 heteroatoms. The number of hydrogen-bond acceptors (Lipinski definition) is 8. The average Bonchev–Trinajstić information content (AvgIpc) is 2.66. The summed E-state index contributed by atoms with van der Waals surface area (Å²) in [6.45, 7) is 4.09. The number of non-ortho nitro benzene ring substituents is 1. The van der Waals surface area contributed by atoms with Crippen LogP contribution in [0.5, 0.6) is 0 Å². The quantitative estimate of drug-likeness (QED) is 0.419. The highest BCUT2D eigenvalue weighted by Gasteiger charge is 2.38. The number of allylic oxidation sites excluding steroid dienone is 2. The zero-order chi connectivity index (χ0) is 21.7. The van der Waals surface area contributed by atoms with Crippen LogP contribution in [0.15, 0.2) is 46.8 Å². The molecule has 1 aliphatic rings. The Morgan fingerprint density at radius 2 is 1.79 bits per heavy atom. The molecule has 0 unspecified atom stereocenters. The predicted molar refractivity (Wildman–Crippen MR) is 106 cm³/mol. The molecule has 0 saturated heterocycles. The van der Waals surface area contributed by atoms with Gasteiger partial charge < -0.3 is 19.7 Å². The number of carbonyl (C=O) groups excluding carboxylic acids is 2. The number of nitro benzene ring substituents is 1. The summed E-state index contributed by atoms with van der Waals surface area (Å²) in [6, 6.07) is 5.86. The maximum absolute atomic E-state index is 12.9. The second-order valence-electron chi connectivity index (χ2n) is 6.92. The number of methoxy groups -OCH3 is 1. The predicted octanol–water partition coefficient (Wildman–Crippen LogP) is 2.11. The van der Waals surface area contributed by atoms with Crippen molar-refractivity contribution in [1.29, 1.82) is 0 Å². The lowest BCUT2D eigenvalue weighted by Gasteiger charge is -2.30. The van der Waals surface area contributed by atoms with Crippen molar-refractivity contribution in [3.05, 3.63) is 62.5 Å². The molecule has 1 heterocycles. The minimum atomic E-state index is -0.851. The molecule has 0 amide bonds. The van der Waals surface area contributed by atoms with Gasteiger partial charge in [-0.1, -0.05) is 12.1 Å². The van der Waals surface area contributed by atoms with Crippen molar-refractivity contribution in [2.75, 3.05) is 34.4 Å². The minimum Gasteiger partial charge on any atom is -0.466 e. The molecule has 1 N–H and O–H groups in total. The van der Waals surface area contributed by atoms with Crippen LogP contribution in [-0.4, -0.2) is 56.1 Å². The van der Waals surface area contributed by atoms with E-state index in [2.05, 4.69) is 5.32 Å². The highest BCUT2D eigenvalue weighted by molar-refractivity contribution is 5.99. The van der Waals surface area contributed by atoms with E-state index in [1.54, 1.807) is 19.9 Å². The molecule has 29 heavy (non-hydrogen) atoms. The van der Waals surface area contributed by atoms with Crippen LogP contribution >= 0.6 is 0 Å². The monoisotopic (exact) mass is 403 g/mol. The van der Waals surface area contributed by atoms with Crippen LogP contribution in [0.3, 0.4) is 0 Å². The number of esters is 2. The van der Waals surface area contributed by atoms with Crippen molar-refractivity contribution in [3.8, 4) is 0 Å². The van der Waals surface area contributed by atoms with Crippen LogP contribution in [0.2, 0.25) is 0 Å². The molecule has 1 aromatic carbocycles. The van der Waals surface area contributed by atoms with Gasteiger partial charge in [0.25, 0.3) is 5.69 Å². The molecule has 1 aromatic rings. The number of benzene rings is 1. The Morgan fingerprint density at radius 3 is 2.34 bits per heavy atom. The standard InChI is InChI=1S/C20H25N3O6/c1-12-16(19(24)28-5)18(14-7-6-8-15(11-14)23(26)27)17(13(2)21-12)20(25)29-10-9-22(3)4/h6-8,11,18,21H,9-10H2,1-5H3/t18-/m0/s1. The first-order chi connectivity index (χ1) is 13.7. The zero-order valence-electron chi connectivity index (χ0n) is 17.1. The third-order valence-electron chi connectivity index (χ3n) is 4.57.